The van der Waals surface area contributed by atoms with Crippen molar-refractivity contribution in [2.24, 2.45) is 0 Å². The van der Waals surface area contributed by atoms with Gasteiger partial charge in [0.05, 0.1) is 16.4 Å². The molecule has 0 saturated carbocycles. The minimum atomic E-state index is -3.69. The third kappa shape index (κ3) is 4.34. The van der Waals surface area contributed by atoms with E-state index in [0.717, 1.165) is 31.6 Å². The molecule has 26 heavy (non-hydrogen) atoms. The number of anilines is 2. The van der Waals surface area contributed by atoms with Crippen molar-refractivity contribution in [2.45, 2.75) is 23.8 Å². The fraction of sp³-hybridized carbons (Fsp3) is 0.333. The number of halogens is 2. The van der Waals surface area contributed by atoms with Gasteiger partial charge in [-0.05, 0) is 72.2 Å². The monoisotopic (exact) mass is 457 g/mol. The number of hydrogen-bond acceptors (Lipinski definition) is 4. The highest BCUT2D eigenvalue weighted by Gasteiger charge is 2.22. The quantitative estimate of drug-likeness (QED) is 0.708. The SMILES string of the molecule is CN(c1cc(NS(=O)(=O)c2ccccc2Br)ccc1Cl)C1CCNCC1. The number of rotatable bonds is 5. The van der Waals surface area contributed by atoms with Crippen molar-refractivity contribution in [3.63, 3.8) is 0 Å². The number of hydrogen-bond donors (Lipinski definition) is 2. The molecule has 0 aliphatic carbocycles. The van der Waals surface area contributed by atoms with Crippen LogP contribution in [0.3, 0.4) is 0 Å². The summed E-state index contributed by atoms with van der Waals surface area (Å²) in [5, 5.41) is 3.95. The summed E-state index contributed by atoms with van der Waals surface area (Å²) in [6.07, 6.45) is 2.06. The lowest BCUT2D eigenvalue weighted by molar-refractivity contribution is 0.443. The predicted molar refractivity (Wildman–Crippen MR) is 111 cm³/mol. The van der Waals surface area contributed by atoms with E-state index in [1.54, 1.807) is 42.5 Å². The molecule has 0 unspecified atom stereocenters. The lowest BCUT2D eigenvalue weighted by Gasteiger charge is -2.34. The summed E-state index contributed by atoms with van der Waals surface area (Å²) >= 11 is 9.67. The van der Waals surface area contributed by atoms with E-state index >= 15 is 0 Å². The number of nitrogens with zero attached hydrogens (tertiary/aromatic N) is 1. The summed E-state index contributed by atoms with van der Waals surface area (Å²) in [5.74, 6) is 0. The van der Waals surface area contributed by atoms with Crippen LogP contribution in [0.2, 0.25) is 5.02 Å². The van der Waals surface area contributed by atoms with Gasteiger partial charge in [0.25, 0.3) is 10.0 Å². The van der Waals surface area contributed by atoms with Gasteiger partial charge in [0.15, 0.2) is 0 Å². The first-order chi connectivity index (χ1) is 12.4. The zero-order valence-corrected chi connectivity index (χ0v) is 17.5. The molecule has 2 aromatic rings. The molecule has 2 N–H and O–H groups in total. The van der Waals surface area contributed by atoms with E-state index in [0.29, 0.717) is 21.2 Å². The van der Waals surface area contributed by atoms with Crippen LogP contribution in [0.5, 0.6) is 0 Å². The van der Waals surface area contributed by atoms with E-state index in [-0.39, 0.29) is 4.90 Å². The molecule has 2 aromatic carbocycles. The normalized spacial score (nSPS) is 15.7. The van der Waals surface area contributed by atoms with Gasteiger partial charge in [-0.3, -0.25) is 4.72 Å². The van der Waals surface area contributed by atoms with E-state index in [9.17, 15) is 8.42 Å². The summed E-state index contributed by atoms with van der Waals surface area (Å²) in [6, 6.07) is 12.3. The largest absolute Gasteiger partial charge is 0.370 e. The van der Waals surface area contributed by atoms with Gasteiger partial charge in [-0.1, -0.05) is 23.7 Å². The van der Waals surface area contributed by atoms with Crippen molar-refractivity contribution in [3.05, 3.63) is 52.0 Å². The number of piperidine rings is 1. The highest BCUT2D eigenvalue weighted by molar-refractivity contribution is 9.10. The van der Waals surface area contributed by atoms with Crippen molar-refractivity contribution in [3.8, 4) is 0 Å². The summed E-state index contributed by atoms with van der Waals surface area (Å²) in [5.41, 5.74) is 1.31. The Balaban J connectivity index is 1.86. The third-order valence-electron chi connectivity index (χ3n) is 4.56. The maximum absolute atomic E-state index is 12.7. The Kier molecular flexibility index (Phi) is 6.12. The molecule has 0 aromatic heterocycles. The maximum atomic E-state index is 12.7. The fourth-order valence-corrected chi connectivity index (χ4v) is 5.41. The number of sulfonamides is 1. The minimum absolute atomic E-state index is 0.197. The molecule has 5 nitrogen and oxygen atoms in total. The Bertz CT molecular complexity index is 886. The lowest BCUT2D eigenvalue weighted by atomic mass is 10.0. The van der Waals surface area contributed by atoms with Crippen LogP contribution in [0.15, 0.2) is 51.8 Å². The van der Waals surface area contributed by atoms with Crippen LogP contribution in [0.4, 0.5) is 11.4 Å². The zero-order chi connectivity index (χ0) is 18.7. The van der Waals surface area contributed by atoms with Gasteiger partial charge in [-0.15, -0.1) is 0 Å². The summed E-state index contributed by atoms with van der Waals surface area (Å²) in [6.45, 7) is 1.95. The molecule has 1 saturated heterocycles. The van der Waals surface area contributed by atoms with Crippen molar-refractivity contribution >= 4 is 48.9 Å². The summed E-state index contributed by atoms with van der Waals surface area (Å²) in [4.78, 5) is 2.34. The predicted octanol–water partition coefficient (Wildman–Crippen LogP) is 4.09. The van der Waals surface area contributed by atoms with Gasteiger partial charge >= 0.3 is 0 Å². The molecule has 8 heteroatoms. The van der Waals surface area contributed by atoms with Gasteiger partial charge in [0.2, 0.25) is 0 Å². The molecule has 1 heterocycles. The van der Waals surface area contributed by atoms with E-state index in [2.05, 4.69) is 30.9 Å². The first-order valence-electron chi connectivity index (χ1n) is 8.39. The Hall–Kier alpha value is -1.28. The molecule has 140 valence electrons. The average molecular weight is 459 g/mol. The molecule has 0 bridgehead atoms. The minimum Gasteiger partial charge on any atom is -0.370 e. The van der Waals surface area contributed by atoms with Gasteiger partial charge in [0, 0.05) is 17.6 Å². The van der Waals surface area contributed by atoms with Crippen LogP contribution in [0, 0.1) is 0 Å². The van der Waals surface area contributed by atoms with Crippen LogP contribution in [-0.4, -0.2) is 34.6 Å². The molecule has 0 atom stereocenters. The molecule has 0 amide bonds. The van der Waals surface area contributed by atoms with Gasteiger partial charge < -0.3 is 10.2 Å². The van der Waals surface area contributed by atoms with Crippen molar-refractivity contribution in [1.29, 1.82) is 0 Å². The fourth-order valence-electron chi connectivity index (χ4n) is 3.11. The number of nitrogens with one attached hydrogen (secondary N) is 2. The van der Waals surface area contributed by atoms with E-state index in [1.165, 1.54) is 0 Å². The van der Waals surface area contributed by atoms with Gasteiger partial charge in [-0.25, -0.2) is 8.42 Å². The Morgan fingerprint density at radius 3 is 2.58 bits per heavy atom. The summed E-state index contributed by atoms with van der Waals surface area (Å²) in [7, 11) is -1.69. The smallest absolute Gasteiger partial charge is 0.263 e. The van der Waals surface area contributed by atoms with Gasteiger partial charge in [-0.2, -0.15) is 0 Å². The molecular formula is C18H21BrClN3O2S. The first-order valence-corrected chi connectivity index (χ1v) is 11.0. The average Bonchev–Trinajstić information content (AvgIpc) is 2.63. The summed E-state index contributed by atoms with van der Waals surface area (Å²) < 4.78 is 28.6. The Morgan fingerprint density at radius 1 is 1.19 bits per heavy atom. The molecule has 1 fully saturated rings. The van der Waals surface area contributed by atoms with E-state index < -0.39 is 10.0 Å². The first kappa shape index (κ1) is 19.5. The van der Waals surface area contributed by atoms with E-state index in [4.69, 9.17) is 11.6 Å². The lowest BCUT2D eigenvalue weighted by Crippen LogP contribution is -2.41. The Labute approximate surface area is 167 Å². The zero-order valence-electron chi connectivity index (χ0n) is 14.4. The highest BCUT2D eigenvalue weighted by atomic mass is 79.9. The van der Waals surface area contributed by atoms with Crippen LogP contribution < -0.4 is 14.9 Å². The van der Waals surface area contributed by atoms with Crippen LogP contribution >= 0.6 is 27.5 Å². The second-order valence-corrected chi connectivity index (χ2v) is 9.21. The highest BCUT2D eigenvalue weighted by Crippen LogP contribution is 2.32. The van der Waals surface area contributed by atoms with Gasteiger partial charge in [0.1, 0.15) is 4.90 Å². The van der Waals surface area contributed by atoms with Crippen LogP contribution in [0.1, 0.15) is 12.8 Å². The standard InChI is InChI=1S/C18H21BrClN3O2S/c1-23(14-8-10-21-11-9-14)17-12-13(6-7-16(17)20)22-26(24,25)18-5-3-2-4-15(18)19/h2-7,12,14,21-22H,8-11H2,1H3. The topological polar surface area (TPSA) is 61.4 Å². The molecule has 3 rings (SSSR count). The van der Waals surface area contributed by atoms with Crippen LogP contribution in [-0.2, 0) is 10.0 Å². The second-order valence-electron chi connectivity index (χ2n) is 6.29. The Morgan fingerprint density at radius 2 is 1.88 bits per heavy atom. The third-order valence-corrected chi connectivity index (χ3v) is 7.27. The maximum Gasteiger partial charge on any atom is 0.263 e. The molecular weight excluding hydrogens is 438 g/mol. The molecule has 1 aliphatic heterocycles. The van der Waals surface area contributed by atoms with Crippen molar-refractivity contribution in [2.75, 3.05) is 29.8 Å². The molecule has 1 aliphatic rings. The second kappa shape index (κ2) is 8.17. The van der Waals surface area contributed by atoms with Crippen molar-refractivity contribution < 1.29 is 8.42 Å². The molecule has 0 spiro atoms. The van der Waals surface area contributed by atoms with Crippen molar-refractivity contribution in [1.82, 2.24) is 5.32 Å². The van der Waals surface area contributed by atoms with Crippen LogP contribution in [0.25, 0.3) is 0 Å². The van der Waals surface area contributed by atoms with E-state index in [1.807, 2.05) is 7.05 Å². The number of benzene rings is 2. The molecule has 0 radical (unpaired) electrons.